The molecule has 1 atom stereocenters. The van der Waals surface area contributed by atoms with Gasteiger partial charge in [-0.2, -0.15) is 5.10 Å². The number of aliphatic carboxylic acids is 1. The normalized spacial score (nSPS) is 12.0. The third-order valence-electron chi connectivity index (χ3n) is 3.28. The maximum absolute atomic E-state index is 13.9. The Kier molecular flexibility index (Phi) is 5.05. The van der Waals surface area contributed by atoms with Gasteiger partial charge in [0.1, 0.15) is 17.7 Å². The number of halogens is 2. The zero-order valence-corrected chi connectivity index (χ0v) is 12.3. The van der Waals surface area contributed by atoms with Crippen molar-refractivity contribution < 1.29 is 23.5 Å². The molecule has 0 aliphatic carbocycles. The van der Waals surface area contributed by atoms with Crippen LogP contribution in [0.15, 0.2) is 24.4 Å². The monoisotopic (exact) mass is 323 g/mol. The van der Waals surface area contributed by atoms with Crippen LogP contribution in [0.2, 0.25) is 0 Å². The van der Waals surface area contributed by atoms with Gasteiger partial charge in [-0.05, 0) is 18.6 Å². The number of aromatic amines is 1. The molecule has 122 valence electrons. The number of carbonyl (C=O) groups excluding carboxylic acids is 1. The molecule has 23 heavy (non-hydrogen) atoms. The topological polar surface area (TPSA) is 95.1 Å². The highest BCUT2D eigenvalue weighted by Crippen LogP contribution is 2.27. The highest BCUT2D eigenvalue weighted by Gasteiger charge is 2.24. The summed E-state index contributed by atoms with van der Waals surface area (Å²) in [6, 6.07) is 2.23. The van der Waals surface area contributed by atoms with Gasteiger partial charge in [-0.15, -0.1) is 0 Å². The van der Waals surface area contributed by atoms with Crippen molar-refractivity contribution in [2.75, 3.05) is 0 Å². The van der Waals surface area contributed by atoms with Crippen molar-refractivity contribution in [3.63, 3.8) is 0 Å². The molecule has 1 aromatic carbocycles. The maximum atomic E-state index is 13.9. The van der Waals surface area contributed by atoms with E-state index in [1.807, 2.05) is 0 Å². The summed E-state index contributed by atoms with van der Waals surface area (Å²) in [6.45, 7) is 1.78. The predicted octanol–water partition coefficient (Wildman–Crippen LogP) is 2.34. The molecule has 0 aliphatic heterocycles. The second kappa shape index (κ2) is 6.99. The average molecular weight is 323 g/mol. The Morgan fingerprint density at radius 2 is 2.00 bits per heavy atom. The van der Waals surface area contributed by atoms with Crippen molar-refractivity contribution in [1.82, 2.24) is 15.5 Å². The van der Waals surface area contributed by atoms with Crippen LogP contribution in [0.5, 0.6) is 0 Å². The van der Waals surface area contributed by atoms with Gasteiger partial charge in [-0.3, -0.25) is 9.89 Å². The molecule has 0 bridgehead atoms. The van der Waals surface area contributed by atoms with Crippen LogP contribution in [0.25, 0.3) is 11.3 Å². The summed E-state index contributed by atoms with van der Waals surface area (Å²) in [5.41, 5.74) is -0.687. The summed E-state index contributed by atoms with van der Waals surface area (Å²) < 4.78 is 27.7. The minimum Gasteiger partial charge on any atom is -0.480 e. The maximum Gasteiger partial charge on any atom is 0.326 e. The largest absolute Gasteiger partial charge is 0.480 e. The SMILES string of the molecule is CCCC(NC(=O)c1cn[nH]c1-c1c(F)cccc1F)C(=O)O. The highest BCUT2D eigenvalue weighted by molar-refractivity contribution is 6.01. The van der Waals surface area contributed by atoms with E-state index >= 15 is 0 Å². The van der Waals surface area contributed by atoms with E-state index in [1.165, 1.54) is 6.07 Å². The lowest BCUT2D eigenvalue weighted by molar-refractivity contribution is -0.139. The number of rotatable bonds is 6. The number of carboxylic acid groups (broad SMARTS) is 1. The zero-order chi connectivity index (χ0) is 17.0. The van der Waals surface area contributed by atoms with Crippen LogP contribution in [-0.4, -0.2) is 33.2 Å². The first-order valence-electron chi connectivity index (χ1n) is 6.97. The molecule has 3 N–H and O–H groups in total. The lowest BCUT2D eigenvalue weighted by atomic mass is 10.1. The summed E-state index contributed by atoms with van der Waals surface area (Å²) >= 11 is 0. The van der Waals surface area contributed by atoms with E-state index in [0.717, 1.165) is 18.3 Å². The lowest BCUT2D eigenvalue weighted by Crippen LogP contribution is -2.40. The fraction of sp³-hybridized carbons (Fsp3) is 0.267. The van der Waals surface area contributed by atoms with Gasteiger partial charge in [-0.25, -0.2) is 13.6 Å². The minimum atomic E-state index is -1.18. The number of amides is 1. The predicted molar refractivity (Wildman–Crippen MR) is 77.7 cm³/mol. The minimum absolute atomic E-state index is 0.128. The number of benzene rings is 1. The molecular formula is C15H15F2N3O3. The van der Waals surface area contributed by atoms with Crippen molar-refractivity contribution in [1.29, 1.82) is 0 Å². The van der Waals surface area contributed by atoms with E-state index in [0.29, 0.717) is 6.42 Å². The van der Waals surface area contributed by atoms with Crippen molar-refractivity contribution in [3.8, 4) is 11.3 Å². The molecule has 1 heterocycles. The Balaban J connectivity index is 2.34. The highest BCUT2D eigenvalue weighted by atomic mass is 19.1. The van der Waals surface area contributed by atoms with Crippen LogP contribution in [0.1, 0.15) is 30.1 Å². The van der Waals surface area contributed by atoms with Crippen LogP contribution in [0.4, 0.5) is 8.78 Å². The molecule has 0 saturated heterocycles. The first-order valence-corrected chi connectivity index (χ1v) is 6.97. The smallest absolute Gasteiger partial charge is 0.326 e. The van der Waals surface area contributed by atoms with E-state index in [-0.39, 0.29) is 17.7 Å². The van der Waals surface area contributed by atoms with Gasteiger partial charge in [0.25, 0.3) is 5.91 Å². The lowest BCUT2D eigenvalue weighted by Gasteiger charge is -2.13. The molecule has 8 heteroatoms. The Morgan fingerprint density at radius 1 is 1.35 bits per heavy atom. The van der Waals surface area contributed by atoms with Gasteiger partial charge in [0.2, 0.25) is 0 Å². The average Bonchev–Trinajstić information content (AvgIpc) is 2.95. The van der Waals surface area contributed by atoms with Crippen molar-refractivity contribution in [3.05, 3.63) is 41.6 Å². The second-order valence-corrected chi connectivity index (χ2v) is 4.91. The number of hydrogen-bond acceptors (Lipinski definition) is 3. The quantitative estimate of drug-likeness (QED) is 0.760. The van der Waals surface area contributed by atoms with Crippen LogP contribution < -0.4 is 5.32 Å². The number of carbonyl (C=O) groups is 2. The standard InChI is InChI=1S/C15H15F2N3O3/c1-2-4-11(15(22)23)19-14(21)8-7-18-20-13(8)12-9(16)5-3-6-10(12)17/h3,5-7,11H,2,4H2,1H3,(H,18,20)(H,19,21)(H,22,23). The molecule has 0 spiro atoms. The fourth-order valence-corrected chi connectivity index (χ4v) is 2.17. The molecule has 0 aliphatic rings. The van der Waals surface area contributed by atoms with Crippen LogP contribution in [0, 0.1) is 11.6 Å². The van der Waals surface area contributed by atoms with E-state index in [4.69, 9.17) is 5.11 Å². The number of aromatic nitrogens is 2. The van der Waals surface area contributed by atoms with E-state index in [9.17, 15) is 18.4 Å². The van der Waals surface area contributed by atoms with Gasteiger partial charge in [0, 0.05) is 0 Å². The molecule has 6 nitrogen and oxygen atoms in total. The van der Waals surface area contributed by atoms with Crippen molar-refractivity contribution in [2.45, 2.75) is 25.8 Å². The summed E-state index contributed by atoms with van der Waals surface area (Å²) in [6.07, 6.45) is 1.89. The van der Waals surface area contributed by atoms with Crippen LogP contribution >= 0.6 is 0 Å². The van der Waals surface area contributed by atoms with E-state index < -0.39 is 35.1 Å². The van der Waals surface area contributed by atoms with Gasteiger partial charge >= 0.3 is 5.97 Å². The Hall–Kier alpha value is -2.77. The molecular weight excluding hydrogens is 308 g/mol. The zero-order valence-electron chi connectivity index (χ0n) is 12.3. The van der Waals surface area contributed by atoms with Gasteiger partial charge in [0.15, 0.2) is 0 Å². The Labute approximate surface area is 130 Å². The number of nitrogens with one attached hydrogen (secondary N) is 2. The summed E-state index contributed by atoms with van der Waals surface area (Å²) in [5.74, 6) is -3.65. The molecule has 1 unspecified atom stereocenters. The van der Waals surface area contributed by atoms with E-state index in [2.05, 4.69) is 15.5 Å². The third kappa shape index (κ3) is 3.53. The first kappa shape index (κ1) is 16.6. The van der Waals surface area contributed by atoms with Gasteiger partial charge in [-0.1, -0.05) is 19.4 Å². The van der Waals surface area contributed by atoms with Gasteiger partial charge < -0.3 is 10.4 Å². The number of H-pyrrole nitrogens is 1. The van der Waals surface area contributed by atoms with Crippen LogP contribution in [-0.2, 0) is 4.79 Å². The summed E-state index contributed by atoms with van der Waals surface area (Å²) in [7, 11) is 0. The molecule has 1 amide bonds. The number of carboxylic acids is 1. The van der Waals surface area contributed by atoms with Crippen molar-refractivity contribution >= 4 is 11.9 Å². The fourth-order valence-electron chi connectivity index (χ4n) is 2.17. The Bertz CT molecular complexity index is 710. The molecule has 2 aromatic rings. The first-order chi connectivity index (χ1) is 11.0. The molecule has 0 fully saturated rings. The Morgan fingerprint density at radius 3 is 2.57 bits per heavy atom. The molecule has 0 radical (unpaired) electrons. The van der Waals surface area contributed by atoms with Crippen LogP contribution in [0.3, 0.4) is 0 Å². The van der Waals surface area contributed by atoms with Crippen molar-refractivity contribution in [2.24, 2.45) is 0 Å². The molecule has 2 rings (SSSR count). The number of nitrogens with zero attached hydrogens (tertiary/aromatic N) is 1. The van der Waals surface area contributed by atoms with E-state index in [1.54, 1.807) is 6.92 Å². The second-order valence-electron chi connectivity index (χ2n) is 4.91. The summed E-state index contributed by atoms with van der Waals surface area (Å²) in [5, 5.41) is 17.4. The third-order valence-corrected chi connectivity index (χ3v) is 3.28. The summed E-state index contributed by atoms with van der Waals surface area (Å²) in [4.78, 5) is 23.3. The molecule has 0 saturated carbocycles. The van der Waals surface area contributed by atoms with Gasteiger partial charge in [0.05, 0.1) is 23.0 Å². The molecule has 1 aromatic heterocycles. The number of hydrogen-bond donors (Lipinski definition) is 3.